The van der Waals surface area contributed by atoms with E-state index in [1.54, 1.807) is 0 Å². The Morgan fingerprint density at radius 2 is 1.70 bits per heavy atom. The Labute approximate surface area is 175 Å². The highest BCUT2D eigenvalue weighted by Crippen LogP contribution is 2.48. The van der Waals surface area contributed by atoms with Crippen LogP contribution in [0.1, 0.15) is 37.7 Å². The summed E-state index contributed by atoms with van der Waals surface area (Å²) in [5.74, 6) is 1.56. The lowest BCUT2D eigenvalue weighted by atomic mass is 9.83. The molecule has 1 aromatic rings. The Balaban J connectivity index is 0.00000131. The van der Waals surface area contributed by atoms with E-state index in [-0.39, 0.29) is 36.8 Å². The number of nitrogens with two attached hydrogens (primary N) is 1. The first kappa shape index (κ1) is 22.5. The van der Waals surface area contributed by atoms with Crippen LogP contribution in [-0.4, -0.2) is 47.9 Å². The predicted molar refractivity (Wildman–Crippen MR) is 114 cm³/mol. The van der Waals surface area contributed by atoms with Crippen LogP contribution < -0.4 is 5.73 Å². The molecule has 1 aromatic carbocycles. The number of nitrogens with zero attached hydrogens (tertiary/aromatic N) is 2. The standard InChI is InChI=1S/C21H31N3O.2ClH/c1-23(21(25)19-16-7-8-17(13-16)20(19)22)18-9-11-24(12-10-18)14-15-5-3-2-4-6-15;;/h2-6,16-20H,7-14,22H2,1H3;2*1H. The highest BCUT2D eigenvalue weighted by molar-refractivity contribution is 5.85. The largest absolute Gasteiger partial charge is 0.342 e. The monoisotopic (exact) mass is 413 g/mol. The molecule has 2 N–H and O–H groups in total. The van der Waals surface area contributed by atoms with Gasteiger partial charge in [-0.2, -0.15) is 0 Å². The fourth-order valence-electron chi connectivity index (χ4n) is 5.42. The summed E-state index contributed by atoms with van der Waals surface area (Å²) in [6.07, 6.45) is 5.77. The third kappa shape index (κ3) is 4.61. The summed E-state index contributed by atoms with van der Waals surface area (Å²) in [5.41, 5.74) is 7.76. The average Bonchev–Trinajstić information content (AvgIpc) is 3.23. The number of benzene rings is 1. The normalized spacial score (nSPS) is 30.4. The minimum absolute atomic E-state index is 0. The van der Waals surface area contributed by atoms with Gasteiger partial charge in [0.05, 0.1) is 5.92 Å². The maximum Gasteiger partial charge on any atom is 0.227 e. The summed E-state index contributed by atoms with van der Waals surface area (Å²) in [6, 6.07) is 11.1. The Kier molecular flexibility index (Phi) is 7.99. The predicted octanol–water partition coefficient (Wildman–Crippen LogP) is 3.33. The van der Waals surface area contributed by atoms with Gasteiger partial charge in [0.15, 0.2) is 0 Å². The van der Waals surface area contributed by atoms with Crippen molar-refractivity contribution in [1.82, 2.24) is 9.80 Å². The van der Waals surface area contributed by atoms with Crippen LogP contribution in [0.15, 0.2) is 30.3 Å². The van der Waals surface area contributed by atoms with Gasteiger partial charge in [-0.1, -0.05) is 30.3 Å². The number of rotatable bonds is 4. The molecule has 4 rings (SSSR count). The maximum absolute atomic E-state index is 13.0. The summed E-state index contributed by atoms with van der Waals surface area (Å²) in [5, 5.41) is 0. The Morgan fingerprint density at radius 3 is 2.30 bits per heavy atom. The van der Waals surface area contributed by atoms with Gasteiger partial charge in [-0.3, -0.25) is 9.69 Å². The third-order valence-electron chi connectivity index (χ3n) is 6.97. The number of hydrogen-bond acceptors (Lipinski definition) is 3. The van der Waals surface area contributed by atoms with E-state index < -0.39 is 0 Å². The first-order valence-corrected chi connectivity index (χ1v) is 9.92. The van der Waals surface area contributed by atoms with Crippen LogP contribution in [0.3, 0.4) is 0 Å². The number of fused-ring (bicyclic) bond motifs is 2. The van der Waals surface area contributed by atoms with Crippen molar-refractivity contribution < 1.29 is 4.79 Å². The van der Waals surface area contributed by atoms with Crippen LogP contribution in [-0.2, 0) is 11.3 Å². The van der Waals surface area contributed by atoms with Gasteiger partial charge in [-0.15, -0.1) is 24.8 Å². The molecule has 4 atom stereocenters. The van der Waals surface area contributed by atoms with Gasteiger partial charge in [-0.05, 0) is 49.5 Å². The second kappa shape index (κ2) is 9.60. The molecule has 3 aliphatic rings. The third-order valence-corrected chi connectivity index (χ3v) is 6.97. The van der Waals surface area contributed by atoms with E-state index in [9.17, 15) is 4.79 Å². The molecule has 152 valence electrons. The van der Waals surface area contributed by atoms with Gasteiger partial charge >= 0.3 is 0 Å². The zero-order chi connectivity index (χ0) is 17.4. The lowest BCUT2D eigenvalue weighted by Gasteiger charge is -2.39. The van der Waals surface area contributed by atoms with Crippen molar-refractivity contribution in [2.24, 2.45) is 23.5 Å². The molecule has 27 heavy (non-hydrogen) atoms. The summed E-state index contributed by atoms with van der Waals surface area (Å²) in [4.78, 5) is 17.6. The lowest BCUT2D eigenvalue weighted by Crippen LogP contribution is -2.51. The minimum atomic E-state index is 0. The number of likely N-dealkylation sites (tertiary alicyclic amines) is 1. The SMILES string of the molecule is CN(C(=O)C1C2CCC(C2)C1N)C1CCN(Cc2ccccc2)CC1.Cl.Cl. The zero-order valence-electron chi connectivity index (χ0n) is 16.1. The number of hydrogen-bond donors (Lipinski definition) is 1. The quantitative estimate of drug-likeness (QED) is 0.823. The lowest BCUT2D eigenvalue weighted by molar-refractivity contribution is -0.139. The first-order chi connectivity index (χ1) is 12.1. The first-order valence-electron chi connectivity index (χ1n) is 9.92. The van der Waals surface area contributed by atoms with Crippen molar-refractivity contribution in [3.63, 3.8) is 0 Å². The van der Waals surface area contributed by atoms with Crippen molar-refractivity contribution in [3.8, 4) is 0 Å². The van der Waals surface area contributed by atoms with Crippen LogP contribution in [0.2, 0.25) is 0 Å². The zero-order valence-corrected chi connectivity index (χ0v) is 17.8. The van der Waals surface area contributed by atoms with Crippen LogP contribution in [0.25, 0.3) is 0 Å². The van der Waals surface area contributed by atoms with Crippen LogP contribution >= 0.6 is 24.8 Å². The van der Waals surface area contributed by atoms with Crippen molar-refractivity contribution in [2.45, 2.75) is 50.7 Å². The molecule has 1 aliphatic heterocycles. The molecule has 2 aliphatic carbocycles. The van der Waals surface area contributed by atoms with E-state index >= 15 is 0 Å². The molecule has 6 heteroatoms. The fourth-order valence-corrected chi connectivity index (χ4v) is 5.42. The van der Waals surface area contributed by atoms with Crippen molar-refractivity contribution >= 4 is 30.7 Å². The molecular weight excluding hydrogens is 381 g/mol. The molecule has 4 nitrogen and oxygen atoms in total. The second-order valence-electron chi connectivity index (χ2n) is 8.38. The van der Waals surface area contributed by atoms with Crippen LogP contribution in [0, 0.1) is 17.8 Å². The number of piperidine rings is 1. The maximum atomic E-state index is 13.0. The van der Waals surface area contributed by atoms with E-state index in [0.29, 0.717) is 23.8 Å². The molecule has 1 heterocycles. The minimum Gasteiger partial charge on any atom is -0.342 e. The molecule has 1 amide bonds. The fraction of sp³-hybridized carbons (Fsp3) is 0.667. The van der Waals surface area contributed by atoms with E-state index in [1.165, 1.54) is 24.8 Å². The molecule has 0 radical (unpaired) electrons. The van der Waals surface area contributed by atoms with Crippen molar-refractivity contribution in [1.29, 1.82) is 0 Å². The highest BCUT2D eigenvalue weighted by Gasteiger charge is 2.50. The van der Waals surface area contributed by atoms with E-state index in [0.717, 1.165) is 32.5 Å². The number of amides is 1. The van der Waals surface area contributed by atoms with E-state index in [2.05, 4.69) is 35.2 Å². The van der Waals surface area contributed by atoms with Gasteiger partial charge < -0.3 is 10.6 Å². The number of halogens is 2. The van der Waals surface area contributed by atoms with E-state index in [1.807, 2.05) is 11.9 Å². The second-order valence-corrected chi connectivity index (χ2v) is 8.38. The Hall–Kier alpha value is -0.810. The number of carbonyl (C=O) groups is 1. The Bertz CT molecular complexity index is 605. The molecule has 2 saturated carbocycles. The average molecular weight is 414 g/mol. The highest BCUT2D eigenvalue weighted by atomic mass is 35.5. The molecule has 4 unspecified atom stereocenters. The molecule has 0 aromatic heterocycles. The summed E-state index contributed by atoms with van der Waals surface area (Å²) < 4.78 is 0. The topological polar surface area (TPSA) is 49.6 Å². The van der Waals surface area contributed by atoms with E-state index in [4.69, 9.17) is 5.73 Å². The molecule has 0 spiro atoms. The van der Waals surface area contributed by atoms with Gasteiger partial charge in [-0.25, -0.2) is 0 Å². The van der Waals surface area contributed by atoms with Crippen molar-refractivity contribution in [3.05, 3.63) is 35.9 Å². The molecule has 1 saturated heterocycles. The van der Waals surface area contributed by atoms with Gasteiger partial charge in [0.2, 0.25) is 5.91 Å². The van der Waals surface area contributed by atoms with Crippen LogP contribution in [0.5, 0.6) is 0 Å². The summed E-state index contributed by atoms with van der Waals surface area (Å²) in [6.45, 7) is 3.16. The Morgan fingerprint density at radius 1 is 1.07 bits per heavy atom. The molecule has 3 fully saturated rings. The summed E-state index contributed by atoms with van der Waals surface area (Å²) >= 11 is 0. The van der Waals surface area contributed by atoms with Gasteiger partial charge in [0.25, 0.3) is 0 Å². The molecule has 2 bridgehead atoms. The smallest absolute Gasteiger partial charge is 0.227 e. The van der Waals surface area contributed by atoms with Crippen molar-refractivity contribution in [2.75, 3.05) is 20.1 Å². The van der Waals surface area contributed by atoms with Crippen LogP contribution in [0.4, 0.5) is 0 Å². The van der Waals surface area contributed by atoms with Gasteiger partial charge in [0, 0.05) is 38.8 Å². The molecular formula is C21H33Cl2N3O. The van der Waals surface area contributed by atoms with Gasteiger partial charge in [0.1, 0.15) is 0 Å². The summed E-state index contributed by atoms with van der Waals surface area (Å²) in [7, 11) is 2.01. The number of carbonyl (C=O) groups excluding carboxylic acids is 1.